The Kier molecular flexibility index (Phi) is 5.91. The van der Waals surface area contributed by atoms with Gasteiger partial charge in [-0.1, -0.05) is 19.1 Å². The fourth-order valence-corrected chi connectivity index (χ4v) is 2.21. The minimum absolute atomic E-state index is 0.0149. The predicted octanol–water partition coefficient (Wildman–Crippen LogP) is 2.18. The maximum Gasteiger partial charge on any atom is 0.252 e. The lowest BCUT2D eigenvalue weighted by atomic mass is 10.1. The Morgan fingerprint density at radius 3 is 2.76 bits per heavy atom. The Labute approximate surface area is 117 Å². The minimum atomic E-state index is 0.0149. The summed E-state index contributed by atoms with van der Waals surface area (Å²) in [4.78, 5) is 12.0. The molecule has 2 N–H and O–H groups in total. The largest absolute Gasteiger partial charge is 0.352 e. The molecule has 3 nitrogen and oxygen atoms in total. The molecule has 1 amide bonds. The van der Waals surface area contributed by atoms with Crippen LogP contribution in [-0.4, -0.2) is 26.0 Å². The van der Waals surface area contributed by atoms with Crippen LogP contribution in [0.25, 0.3) is 0 Å². The van der Waals surface area contributed by atoms with Crippen LogP contribution in [0.5, 0.6) is 0 Å². The molecule has 1 rings (SSSR count). The monoisotopic (exact) mass is 346 g/mol. The van der Waals surface area contributed by atoms with Crippen molar-refractivity contribution in [2.75, 3.05) is 20.1 Å². The zero-order chi connectivity index (χ0) is 12.8. The second-order valence-electron chi connectivity index (χ2n) is 4.31. The van der Waals surface area contributed by atoms with E-state index in [4.69, 9.17) is 0 Å². The fourth-order valence-electron chi connectivity index (χ4n) is 1.61. The Morgan fingerprint density at radius 2 is 2.12 bits per heavy atom. The molecule has 0 aliphatic rings. The predicted molar refractivity (Wildman–Crippen MR) is 79.3 cm³/mol. The fraction of sp³-hybridized carbons (Fsp3) is 0.462. The average Bonchev–Trinajstić information content (AvgIpc) is 2.30. The first-order valence-corrected chi connectivity index (χ1v) is 6.82. The van der Waals surface area contributed by atoms with Gasteiger partial charge in [-0.25, -0.2) is 0 Å². The van der Waals surface area contributed by atoms with Gasteiger partial charge >= 0.3 is 0 Å². The number of hydrogen-bond acceptors (Lipinski definition) is 2. The summed E-state index contributed by atoms with van der Waals surface area (Å²) in [5.74, 6) is 0.451. The number of carbonyl (C=O) groups is 1. The van der Waals surface area contributed by atoms with Gasteiger partial charge in [-0.2, -0.15) is 0 Å². The minimum Gasteiger partial charge on any atom is -0.352 e. The van der Waals surface area contributed by atoms with E-state index in [2.05, 4.69) is 40.1 Å². The standard InChI is InChI=1S/C13H19IN2O/c1-9(7-15-3)8-16-13(17)11-6-4-5-10(2)12(11)14/h4-6,9,15H,7-8H2,1-3H3,(H,16,17). The molecule has 0 radical (unpaired) electrons. The van der Waals surface area contributed by atoms with Gasteiger partial charge in [0.25, 0.3) is 5.91 Å². The van der Waals surface area contributed by atoms with Crippen LogP contribution < -0.4 is 10.6 Å². The number of aryl methyl sites for hydroxylation is 1. The summed E-state index contributed by atoms with van der Waals surface area (Å²) in [7, 11) is 1.92. The molecular weight excluding hydrogens is 327 g/mol. The molecule has 0 fully saturated rings. The molecular formula is C13H19IN2O. The average molecular weight is 346 g/mol. The molecule has 0 spiro atoms. The first kappa shape index (κ1) is 14.4. The second-order valence-corrected chi connectivity index (χ2v) is 5.39. The smallest absolute Gasteiger partial charge is 0.252 e. The van der Waals surface area contributed by atoms with Gasteiger partial charge in [0.05, 0.1) is 5.56 Å². The van der Waals surface area contributed by atoms with Crippen LogP contribution in [-0.2, 0) is 0 Å². The normalized spacial score (nSPS) is 12.2. The van der Waals surface area contributed by atoms with Crippen LogP contribution in [0.15, 0.2) is 18.2 Å². The molecule has 94 valence electrons. The van der Waals surface area contributed by atoms with Crippen molar-refractivity contribution >= 4 is 28.5 Å². The van der Waals surface area contributed by atoms with E-state index in [0.717, 1.165) is 21.2 Å². The number of carbonyl (C=O) groups excluding carboxylic acids is 1. The van der Waals surface area contributed by atoms with E-state index in [1.165, 1.54) is 0 Å². The van der Waals surface area contributed by atoms with Gasteiger partial charge < -0.3 is 10.6 Å². The van der Waals surface area contributed by atoms with E-state index in [0.29, 0.717) is 12.5 Å². The van der Waals surface area contributed by atoms with Gasteiger partial charge in [-0.15, -0.1) is 0 Å². The number of nitrogens with one attached hydrogen (secondary N) is 2. The Balaban J connectivity index is 2.61. The highest BCUT2D eigenvalue weighted by molar-refractivity contribution is 14.1. The maximum absolute atomic E-state index is 12.0. The second kappa shape index (κ2) is 6.96. The molecule has 17 heavy (non-hydrogen) atoms. The van der Waals surface area contributed by atoms with Gasteiger partial charge in [0.2, 0.25) is 0 Å². The van der Waals surface area contributed by atoms with E-state index in [9.17, 15) is 4.79 Å². The lowest BCUT2D eigenvalue weighted by Gasteiger charge is -2.13. The molecule has 0 saturated heterocycles. The van der Waals surface area contributed by atoms with Crippen molar-refractivity contribution in [1.82, 2.24) is 10.6 Å². The highest BCUT2D eigenvalue weighted by Gasteiger charge is 2.11. The molecule has 0 bridgehead atoms. The number of amides is 1. The Morgan fingerprint density at radius 1 is 1.41 bits per heavy atom. The van der Waals surface area contributed by atoms with Crippen molar-refractivity contribution in [3.8, 4) is 0 Å². The number of benzene rings is 1. The van der Waals surface area contributed by atoms with Crippen LogP contribution in [0, 0.1) is 16.4 Å². The molecule has 0 aliphatic carbocycles. The van der Waals surface area contributed by atoms with Crippen LogP contribution in [0.2, 0.25) is 0 Å². The van der Waals surface area contributed by atoms with E-state index in [1.807, 2.05) is 32.2 Å². The van der Waals surface area contributed by atoms with Gasteiger partial charge in [0, 0.05) is 10.1 Å². The molecule has 4 heteroatoms. The SMILES string of the molecule is CNCC(C)CNC(=O)c1cccc(C)c1I. The summed E-state index contributed by atoms with van der Waals surface area (Å²) in [6, 6.07) is 5.80. The molecule has 1 aromatic carbocycles. The lowest BCUT2D eigenvalue weighted by molar-refractivity contribution is 0.0947. The van der Waals surface area contributed by atoms with E-state index in [-0.39, 0.29) is 5.91 Å². The van der Waals surface area contributed by atoms with Crippen LogP contribution in [0.4, 0.5) is 0 Å². The van der Waals surface area contributed by atoms with Crippen molar-refractivity contribution in [1.29, 1.82) is 0 Å². The summed E-state index contributed by atoms with van der Waals surface area (Å²) in [5.41, 5.74) is 1.91. The van der Waals surface area contributed by atoms with E-state index >= 15 is 0 Å². The molecule has 1 atom stereocenters. The summed E-state index contributed by atoms with van der Waals surface area (Å²) in [5, 5.41) is 6.07. The van der Waals surface area contributed by atoms with Crippen LogP contribution in [0.3, 0.4) is 0 Å². The van der Waals surface area contributed by atoms with Crippen molar-refractivity contribution in [2.24, 2.45) is 5.92 Å². The highest BCUT2D eigenvalue weighted by Crippen LogP contribution is 2.16. The summed E-state index contributed by atoms with van der Waals surface area (Å²) >= 11 is 2.22. The molecule has 1 unspecified atom stereocenters. The molecule has 0 heterocycles. The summed E-state index contributed by atoms with van der Waals surface area (Å²) < 4.78 is 1.03. The van der Waals surface area contributed by atoms with E-state index in [1.54, 1.807) is 0 Å². The molecule has 0 saturated carbocycles. The molecule has 0 aliphatic heterocycles. The number of halogens is 1. The van der Waals surface area contributed by atoms with Crippen molar-refractivity contribution < 1.29 is 4.79 Å². The first-order valence-electron chi connectivity index (χ1n) is 5.74. The van der Waals surface area contributed by atoms with Gasteiger partial charge in [0.1, 0.15) is 0 Å². The lowest BCUT2D eigenvalue weighted by Crippen LogP contribution is -2.32. The van der Waals surface area contributed by atoms with Crippen molar-refractivity contribution in [3.05, 3.63) is 32.9 Å². The van der Waals surface area contributed by atoms with Crippen molar-refractivity contribution in [2.45, 2.75) is 13.8 Å². The first-order chi connectivity index (χ1) is 8.06. The third kappa shape index (κ3) is 4.27. The molecule has 0 aromatic heterocycles. The quantitative estimate of drug-likeness (QED) is 0.803. The number of hydrogen-bond donors (Lipinski definition) is 2. The zero-order valence-electron chi connectivity index (χ0n) is 10.5. The highest BCUT2D eigenvalue weighted by atomic mass is 127. The third-order valence-electron chi connectivity index (χ3n) is 2.60. The van der Waals surface area contributed by atoms with Gasteiger partial charge in [0.15, 0.2) is 0 Å². The van der Waals surface area contributed by atoms with Gasteiger partial charge in [-0.05, 0) is 60.7 Å². The topological polar surface area (TPSA) is 41.1 Å². The number of rotatable bonds is 5. The van der Waals surface area contributed by atoms with Crippen molar-refractivity contribution in [3.63, 3.8) is 0 Å². The third-order valence-corrected chi connectivity index (χ3v) is 4.03. The Bertz CT molecular complexity index is 393. The van der Waals surface area contributed by atoms with Crippen LogP contribution in [0.1, 0.15) is 22.8 Å². The van der Waals surface area contributed by atoms with Gasteiger partial charge in [-0.3, -0.25) is 4.79 Å². The summed E-state index contributed by atoms with van der Waals surface area (Å²) in [6.07, 6.45) is 0. The van der Waals surface area contributed by atoms with Crippen LogP contribution >= 0.6 is 22.6 Å². The molecule has 1 aromatic rings. The maximum atomic E-state index is 12.0. The Hall–Kier alpha value is -0.620. The zero-order valence-corrected chi connectivity index (χ0v) is 12.7. The van der Waals surface area contributed by atoms with E-state index < -0.39 is 0 Å². The summed E-state index contributed by atoms with van der Waals surface area (Å²) in [6.45, 7) is 5.73.